The van der Waals surface area contributed by atoms with Crippen LogP contribution in [0.2, 0.25) is 10.2 Å². The van der Waals surface area contributed by atoms with E-state index in [2.05, 4.69) is 19.7 Å². The van der Waals surface area contributed by atoms with E-state index >= 15 is 0 Å². The topological polar surface area (TPSA) is 114 Å². The van der Waals surface area contributed by atoms with Crippen LogP contribution in [0.25, 0.3) is 28.1 Å². The number of sulfonamides is 1. The maximum atomic E-state index is 11.9. The molecule has 34 heavy (non-hydrogen) atoms. The van der Waals surface area contributed by atoms with Crippen molar-refractivity contribution in [3.63, 3.8) is 0 Å². The first-order valence-corrected chi connectivity index (χ1v) is 12.7. The van der Waals surface area contributed by atoms with E-state index in [4.69, 9.17) is 32.9 Å². The number of anilines is 1. The number of methoxy groups -OCH3 is 1. The van der Waals surface area contributed by atoms with Crippen molar-refractivity contribution in [1.82, 2.24) is 24.3 Å². The SMILES string of the molecule is COc1ccc(-c2ccc(NS(C)(=O)=O)c3nc(Cc4nc5nc(Cl)ccc5[nH]4)cn23)c(Cl)c1. The predicted octanol–water partition coefficient (Wildman–Crippen LogP) is 4.55. The summed E-state index contributed by atoms with van der Waals surface area (Å²) in [5, 5.41) is 0.843. The Hall–Kier alpha value is -3.34. The number of hydrogen-bond donors (Lipinski definition) is 2. The Labute approximate surface area is 204 Å². The molecule has 0 aliphatic rings. The molecule has 2 N–H and O–H groups in total. The maximum Gasteiger partial charge on any atom is 0.229 e. The third-order valence-electron chi connectivity index (χ3n) is 5.12. The van der Waals surface area contributed by atoms with Crippen molar-refractivity contribution in [1.29, 1.82) is 0 Å². The summed E-state index contributed by atoms with van der Waals surface area (Å²) in [6.45, 7) is 0. The molecule has 9 nitrogen and oxygen atoms in total. The van der Waals surface area contributed by atoms with E-state index in [-0.39, 0.29) is 0 Å². The van der Waals surface area contributed by atoms with E-state index in [9.17, 15) is 8.42 Å². The summed E-state index contributed by atoms with van der Waals surface area (Å²) in [4.78, 5) is 16.6. The van der Waals surface area contributed by atoms with Gasteiger partial charge in [-0.25, -0.2) is 23.4 Å². The molecule has 4 aromatic heterocycles. The Balaban J connectivity index is 1.63. The van der Waals surface area contributed by atoms with Crippen LogP contribution in [0.3, 0.4) is 0 Å². The lowest BCUT2D eigenvalue weighted by molar-refractivity contribution is 0.415. The second-order valence-corrected chi connectivity index (χ2v) is 10.2. The quantitative estimate of drug-likeness (QED) is 0.320. The highest BCUT2D eigenvalue weighted by Gasteiger charge is 2.17. The monoisotopic (exact) mass is 516 g/mol. The number of hydrogen-bond acceptors (Lipinski definition) is 6. The number of halogens is 2. The zero-order chi connectivity index (χ0) is 24.0. The van der Waals surface area contributed by atoms with E-state index < -0.39 is 10.0 Å². The van der Waals surface area contributed by atoms with Gasteiger partial charge >= 0.3 is 0 Å². The fourth-order valence-corrected chi connectivity index (χ4v) is 4.68. The first-order chi connectivity index (χ1) is 16.2. The number of aromatic amines is 1. The van der Waals surface area contributed by atoms with E-state index in [1.807, 2.05) is 18.3 Å². The van der Waals surface area contributed by atoms with Crippen molar-refractivity contribution < 1.29 is 13.2 Å². The number of nitrogens with zero attached hydrogens (tertiary/aromatic N) is 4. The van der Waals surface area contributed by atoms with Crippen LogP contribution >= 0.6 is 23.2 Å². The molecule has 5 rings (SSSR count). The first-order valence-electron chi connectivity index (χ1n) is 10.0. The zero-order valence-corrected chi connectivity index (χ0v) is 20.3. The molecule has 0 bridgehead atoms. The molecule has 4 heterocycles. The average Bonchev–Trinajstić information content (AvgIpc) is 3.37. The minimum absolute atomic E-state index is 0.347. The van der Waals surface area contributed by atoms with Gasteiger partial charge in [0.25, 0.3) is 0 Å². The van der Waals surface area contributed by atoms with Crippen LogP contribution in [0.1, 0.15) is 11.5 Å². The van der Waals surface area contributed by atoms with Crippen LogP contribution < -0.4 is 9.46 Å². The number of nitrogens with one attached hydrogen (secondary N) is 2. The van der Waals surface area contributed by atoms with Crippen LogP contribution in [0.5, 0.6) is 5.75 Å². The fourth-order valence-electron chi connectivity index (χ4n) is 3.71. The van der Waals surface area contributed by atoms with Crippen molar-refractivity contribution in [3.8, 4) is 17.0 Å². The van der Waals surface area contributed by atoms with Crippen molar-refractivity contribution in [2.75, 3.05) is 18.1 Å². The van der Waals surface area contributed by atoms with Crippen LogP contribution in [0.4, 0.5) is 5.69 Å². The molecule has 1 aromatic carbocycles. The van der Waals surface area contributed by atoms with Gasteiger partial charge in [-0.1, -0.05) is 23.2 Å². The van der Waals surface area contributed by atoms with E-state index in [1.165, 1.54) is 0 Å². The van der Waals surface area contributed by atoms with Crippen molar-refractivity contribution in [2.45, 2.75) is 6.42 Å². The maximum absolute atomic E-state index is 11.9. The molecule has 174 valence electrons. The number of pyridine rings is 2. The number of imidazole rings is 2. The minimum atomic E-state index is -3.52. The molecule has 0 amide bonds. The molecular weight excluding hydrogens is 499 g/mol. The van der Waals surface area contributed by atoms with Crippen molar-refractivity contribution in [3.05, 3.63) is 70.4 Å². The average molecular weight is 517 g/mol. The Kier molecular flexibility index (Phi) is 5.59. The molecule has 0 aliphatic carbocycles. The van der Waals surface area contributed by atoms with Gasteiger partial charge in [-0.15, -0.1) is 0 Å². The molecule has 0 saturated heterocycles. The molecule has 0 atom stereocenters. The summed E-state index contributed by atoms with van der Waals surface area (Å²) >= 11 is 12.5. The number of rotatable bonds is 6. The highest BCUT2D eigenvalue weighted by atomic mass is 35.5. The lowest BCUT2D eigenvalue weighted by Crippen LogP contribution is -2.11. The van der Waals surface area contributed by atoms with Gasteiger partial charge in [0.2, 0.25) is 10.0 Å². The number of benzene rings is 1. The molecule has 0 unspecified atom stereocenters. The third-order valence-corrected chi connectivity index (χ3v) is 6.24. The molecule has 0 fully saturated rings. The minimum Gasteiger partial charge on any atom is -0.497 e. The van der Waals surface area contributed by atoms with Gasteiger partial charge < -0.3 is 9.72 Å². The second-order valence-electron chi connectivity index (χ2n) is 7.64. The lowest BCUT2D eigenvalue weighted by Gasteiger charge is -2.12. The van der Waals surface area contributed by atoms with Gasteiger partial charge in [-0.3, -0.25) is 9.12 Å². The summed E-state index contributed by atoms with van der Waals surface area (Å²) in [7, 11) is -1.95. The van der Waals surface area contributed by atoms with Gasteiger partial charge in [0.15, 0.2) is 11.3 Å². The van der Waals surface area contributed by atoms with Crippen LogP contribution in [0, 0.1) is 0 Å². The van der Waals surface area contributed by atoms with E-state index in [0.717, 1.165) is 23.0 Å². The fraction of sp³-hybridized carbons (Fsp3) is 0.136. The largest absolute Gasteiger partial charge is 0.497 e. The molecule has 0 spiro atoms. The van der Waals surface area contributed by atoms with Crippen LogP contribution in [-0.4, -0.2) is 46.1 Å². The summed E-state index contributed by atoms with van der Waals surface area (Å²) in [6, 6.07) is 12.3. The Morgan fingerprint density at radius 1 is 1.09 bits per heavy atom. The summed E-state index contributed by atoms with van der Waals surface area (Å²) < 4.78 is 33.4. The van der Waals surface area contributed by atoms with Gasteiger partial charge in [0.1, 0.15) is 16.7 Å². The highest BCUT2D eigenvalue weighted by Crippen LogP contribution is 2.34. The van der Waals surface area contributed by atoms with Crippen LogP contribution in [0.15, 0.2) is 48.7 Å². The predicted molar refractivity (Wildman–Crippen MR) is 132 cm³/mol. The normalized spacial score (nSPS) is 11.9. The van der Waals surface area contributed by atoms with Gasteiger partial charge in [-0.05, 0) is 42.5 Å². The summed E-state index contributed by atoms with van der Waals surface area (Å²) in [5.74, 6) is 1.28. The number of ether oxygens (including phenoxy) is 1. The molecular formula is C22H18Cl2N6O3S. The van der Waals surface area contributed by atoms with Gasteiger partial charge in [-0.2, -0.15) is 0 Å². The molecule has 0 radical (unpaired) electrons. The lowest BCUT2D eigenvalue weighted by atomic mass is 10.1. The molecule has 0 saturated carbocycles. The Morgan fingerprint density at radius 3 is 2.65 bits per heavy atom. The zero-order valence-electron chi connectivity index (χ0n) is 18.0. The summed E-state index contributed by atoms with van der Waals surface area (Å²) in [5.41, 5.74) is 4.19. The standard InChI is InChI=1S/C22H18Cl2N6O3S/c1-33-13-3-4-14(15(23)10-13)18-7-5-17(29-34(2,31)32)22-25-12(11-30(18)22)9-20-26-16-6-8-19(24)27-21(16)28-20/h3-8,10-11,29H,9H2,1-2H3,(H,26,27,28). The second kappa shape index (κ2) is 8.46. The highest BCUT2D eigenvalue weighted by molar-refractivity contribution is 7.92. The molecule has 0 aliphatic heterocycles. The van der Waals surface area contributed by atoms with E-state index in [1.54, 1.807) is 41.8 Å². The number of fused-ring (bicyclic) bond motifs is 2. The summed E-state index contributed by atoms with van der Waals surface area (Å²) in [6.07, 6.45) is 3.28. The third kappa shape index (κ3) is 4.39. The molecule has 12 heteroatoms. The smallest absolute Gasteiger partial charge is 0.229 e. The number of H-pyrrole nitrogens is 1. The number of aromatic nitrogens is 5. The van der Waals surface area contributed by atoms with Gasteiger partial charge in [0.05, 0.1) is 41.0 Å². The molecule has 5 aromatic rings. The first kappa shape index (κ1) is 22.5. The van der Waals surface area contributed by atoms with Crippen LogP contribution in [-0.2, 0) is 16.4 Å². The van der Waals surface area contributed by atoms with E-state index in [0.29, 0.717) is 50.8 Å². The Bertz CT molecular complexity index is 1660. The van der Waals surface area contributed by atoms with Crippen molar-refractivity contribution >= 4 is 55.7 Å². The Morgan fingerprint density at radius 2 is 1.91 bits per heavy atom. The van der Waals surface area contributed by atoms with Crippen molar-refractivity contribution in [2.24, 2.45) is 0 Å². The van der Waals surface area contributed by atoms with Gasteiger partial charge in [0, 0.05) is 18.2 Å².